The Labute approximate surface area is 106 Å². The van der Waals surface area contributed by atoms with Crippen LogP contribution in [0, 0.1) is 5.92 Å². The van der Waals surface area contributed by atoms with Gasteiger partial charge in [0.2, 0.25) is 0 Å². The lowest BCUT2D eigenvalue weighted by molar-refractivity contribution is 0.0698. The van der Waals surface area contributed by atoms with E-state index in [2.05, 4.69) is 0 Å². The molecule has 0 spiro atoms. The van der Waals surface area contributed by atoms with E-state index in [1.165, 1.54) is 0 Å². The molecule has 0 bridgehead atoms. The van der Waals surface area contributed by atoms with Crippen molar-refractivity contribution in [1.29, 1.82) is 0 Å². The monoisotopic (exact) mass is 250 g/mol. The molecule has 0 aromatic heterocycles. The van der Waals surface area contributed by atoms with E-state index in [4.69, 9.17) is 10.8 Å². The largest absolute Gasteiger partial charge is 0.478 e. The van der Waals surface area contributed by atoms with E-state index in [0.717, 1.165) is 18.7 Å². The van der Waals surface area contributed by atoms with Crippen LogP contribution in [-0.4, -0.2) is 35.4 Å². The smallest absolute Gasteiger partial charge is 0.337 e. The number of aromatic carboxylic acids is 1. The third-order valence-corrected chi connectivity index (χ3v) is 3.55. The van der Waals surface area contributed by atoms with Gasteiger partial charge in [0.05, 0.1) is 11.7 Å². The number of carboxylic acid groups (broad SMARTS) is 1. The minimum absolute atomic E-state index is 0.112. The molecule has 18 heavy (non-hydrogen) atoms. The minimum Gasteiger partial charge on any atom is -0.478 e. The molecule has 5 heteroatoms. The summed E-state index contributed by atoms with van der Waals surface area (Å²) in [6.45, 7) is 3.37. The van der Waals surface area contributed by atoms with Crippen LogP contribution in [-0.2, 0) is 0 Å². The topological polar surface area (TPSA) is 86.8 Å². The van der Waals surface area contributed by atoms with Crippen molar-refractivity contribution in [2.24, 2.45) is 5.92 Å². The molecule has 0 saturated carbocycles. The molecule has 5 nitrogen and oxygen atoms in total. The molecule has 1 aromatic carbocycles. The van der Waals surface area contributed by atoms with Crippen LogP contribution in [0.2, 0.25) is 0 Å². The summed E-state index contributed by atoms with van der Waals surface area (Å²) in [5.74, 6) is -0.741. The molecule has 98 valence electrons. The lowest BCUT2D eigenvalue weighted by Crippen LogP contribution is -2.42. The van der Waals surface area contributed by atoms with E-state index in [1.807, 2.05) is 11.8 Å². The fourth-order valence-corrected chi connectivity index (χ4v) is 2.21. The predicted octanol–water partition coefficient (Wildman–Crippen LogP) is 1.17. The van der Waals surface area contributed by atoms with Crippen molar-refractivity contribution in [3.63, 3.8) is 0 Å². The standard InChI is InChI=1S/C13H18N2O3/c1-8-4-5-15(7-12(8)16)9-2-3-11(14)10(6-9)13(17)18/h2-3,6,8,12,16H,4-5,7,14H2,1H3,(H,17,18). The van der Waals surface area contributed by atoms with Gasteiger partial charge >= 0.3 is 5.97 Å². The molecular formula is C13H18N2O3. The molecule has 0 aliphatic carbocycles. The van der Waals surface area contributed by atoms with Crippen molar-refractivity contribution >= 4 is 17.3 Å². The number of aliphatic hydroxyl groups excluding tert-OH is 1. The lowest BCUT2D eigenvalue weighted by atomic mass is 9.95. The minimum atomic E-state index is -1.03. The van der Waals surface area contributed by atoms with Gasteiger partial charge in [-0.25, -0.2) is 4.79 Å². The normalized spacial score (nSPS) is 24.0. The number of benzene rings is 1. The Kier molecular flexibility index (Phi) is 3.43. The number of anilines is 2. The van der Waals surface area contributed by atoms with Crippen molar-refractivity contribution < 1.29 is 15.0 Å². The number of nitrogen functional groups attached to an aromatic ring is 1. The zero-order valence-electron chi connectivity index (χ0n) is 10.3. The summed E-state index contributed by atoms with van der Waals surface area (Å²) in [5.41, 5.74) is 6.79. The molecule has 1 aliphatic rings. The van der Waals surface area contributed by atoms with Crippen LogP contribution in [0.25, 0.3) is 0 Å². The maximum Gasteiger partial charge on any atom is 0.337 e. The third kappa shape index (κ3) is 2.41. The molecule has 2 atom stereocenters. The summed E-state index contributed by atoms with van der Waals surface area (Å²) in [5, 5.41) is 18.9. The lowest BCUT2D eigenvalue weighted by Gasteiger charge is -2.36. The highest BCUT2D eigenvalue weighted by atomic mass is 16.4. The second kappa shape index (κ2) is 4.86. The van der Waals surface area contributed by atoms with E-state index in [9.17, 15) is 9.90 Å². The Hall–Kier alpha value is -1.75. The molecule has 2 rings (SSSR count). The molecule has 2 unspecified atom stereocenters. The second-order valence-electron chi connectivity index (χ2n) is 4.86. The number of carboxylic acids is 1. The number of hydrogen-bond acceptors (Lipinski definition) is 4. The Morgan fingerprint density at radius 3 is 2.83 bits per heavy atom. The number of nitrogens with two attached hydrogens (primary N) is 1. The first-order chi connectivity index (χ1) is 8.49. The zero-order valence-corrected chi connectivity index (χ0v) is 10.3. The van der Waals surface area contributed by atoms with Gasteiger partial charge < -0.3 is 20.8 Å². The number of aliphatic hydroxyl groups is 1. The van der Waals surface area contributed by atoms with Crippen molar-refractivity contribution in [3.8, 4) is 0 Å². The molecular weight excluding hydrogens is 232 g/mol. The van der Waals surface area contributed by atoms with Crippen LogP contribution in [0.1, 0.15) is 23.7 Å². The van der Waals surface area contributed by atoms with Gasteiger partial charge in [0, 0.05) is 24.5 Å². The van der Waals surface area contributed by atoms with Crippen molar-refractivity contribution in [2.45, 2.75) is 19.4 Å². The van der Waals surface area contributed by atoms with Gasteiger partial charge in [-0.05, 0) is 30.5 Å². The molecule has 1 saturated heterocycles. The molecule has 0 amide bonds. The Bertz CT molecular complexity index is 462. The van der Waals surface area contributed by atoms with Gasteiger partial charge in [0.1, 0.15) is 0 Å². The summed E-state index contributed by atoms with van der Waals surface area (Å²) in [4.78, 5) is 13.0. The highest BCUT2D eigenvalue weighted by Crippen LogP contribution is 2.26. The van der Waals surface area contributed by atoms with E-state index < -0.39 is 5.97 Å². The first kappa shape index (κ1) is 12.7. The van der Waals surface area contributed by atoms with Crippen molar-refractivity contribution in [3.05, 3.63) is 23.8 Å². The van der Waals surface area contributed by atoms with Crippen LogP contribution in [0.4, 0.5) is 11.4 Å². The fourth-order valence-electron chi connectivity index (χ4n) is 2.21. The molecule has 0 radical (unpaired) electrons. The molecule has 1 aliphatic heterocycles. The number of carbonyl (C=O) groups is 1. The predicted molar refractivity (Wildman–Crippen MR) is 69.8 cm³/mol. The number of piperidine rings is 1. The van der Waals surface area contributed by atoms with Gasteiger partial charge in [-0.2, -0.15) is 0 Å². The average molecular weight is 250 g/mol. The van der Waals surface area contributed by atoms with Crippen LogP contribution in [0.3, 0.4) is 0 Å². The van der Waals surface area contributed by atoms with Crippen LogP contribution < -0.4 is 10.6 Å². The highest BCUT2D eigenvalue weighted by molar-refractivity contribution is 5.94. The maximum atomic E-state index is 11.0. The van der Waals surface area contributed by atoms with Gasteiger partial charge in [-0.3, -0.25) is 0 Å². The van der Waals surface area contributed by atoms with E-state index in [-0.39, 0.29) is 23.3 Å². The highest BCUT2D eigenvalue weighted by Gasteiger charge is 2.25. The van der Waals surface area contributed by atoms with Crippen LogP contribution in [0.15, 0.2) is 18.2 Å². The van der Waals surface area contributed by atoms with Crippen molar-refractivity contribution in [2.75, 3.05) is 23.7 Å². The number of hydrogen-bond donors (Lipinski definition) is 3. The molecule has 4 N–H and O–H groups in total. The van der Waals surface area contributed by atoms with Crippen LogP contribution >= 0.6 is 0 Å². The number of β-amino-alcohol motifs (C(OH)–C–C–N with tert-alkyl or cyclic N) is 1. The fraction of sp³-hybridized carbons (Fsp3) is 0.462. The maximum absolute atomic E-state index is 11.0. The van der Waals surface area contributed by atoms with Crippen molar-refractivity contribution in [1.82, 2.24) is 0 Å². The first-order valence-electron chi connectivity index (χ1n) is 6.05. The second-order valence-corrected chi connectivity index (χ2v) is 4.86. The first-order valence-corrected chi connectivity index (χ1v) is 6.05. The van der Waals surface area contributed by atoms with Gasteiger partial charge in [0.15, 0.2) is 0 Å². The van der Waals surface area contributed by atoms with Gasteiger partial charge in [-0.15, -0.1) is 0 Å². The summed E-state index contributed by atoms with van der Waals surface area (Å²) < 4.78 is 0. The quantitative estimate of drug-likeness (QED) is 0.686. The van der Waals surface area contributed by atoms with Gasteiger partial charge in [-0.1, -0.05) is 6.92 Å². The van der Waals surface area contributed by atoms with E-state index >= 15 is 0 Å². The van der Waals surface area contributed by atoms with E-state index in [0.29, 0.717) is 6.54 Å². The summed E-state index contributed by atoms with van der Waals surface area (Å²) in [6.07, 6.45) is 0.526. The Balaban J connectivity index is 2.24. The average Bonchev–Trinajstić information content (AvgIpc) is 2.33. The molecule has 1 fully saturated rings. The number of nitrogens with zero attached hydrogens (tertiary/aromatic N) is 1. The van der Waals surface area contributed by atoms with Gasteiger partial charge in [0.25, 0.3) is 0 Å². The number of rotatable bonds is 2. The third-order valence-electron chi connectivity index (χ3n) is 3.55. The molecule has 1 heterocycles. The Morgan fingerprint density at radius 2 is 2.22 bits per heavy atom. The van der Waals surface area contributed by atoms with Crippen LogP contribution in [0.5, 0.6) is 0 Å². The van der Waals surface area contributed by atoms with E-state index in [1.54, 1.807) is 18.2 Å². The molecule has 1 aromatic rings. The zero-order chi connectivity index (χ0) is 13.3. The summed E-state index contributed by atoms with van der Waals surface area (Å²) in [6, 6.07) is 4.97. The summed E-state index contributed by atoms with van der Waals surface area (Å²) in [7, 11) is 0. The summed E-state index contributed by atoms with van der Waals surface area (Å²) >= 11 is 0. The Morgan fingerprint density at radius 1 is 1.50 bits per heavy atom. The SMILES string of the molecule is CC1CCN(c2ccc(N)c(C(=O)O)c2)CC1O.